The van der Waals surface area contributed by atoms with Crippen LogP contribution in [0.1, 0.15) is 15.9 Å². The predicted octanol–water partition coefficient (Wildman–Crippen LogP) is 13.9. The molecule has 0 atom stereocenters. The first-order chi connectivity index (χ1) is 30.1. The molecule has 13 aromatic rings. The Morgan fingerprint density at radius 3 is 1.25 bits per heavy atom. The van der Waals surface area contributed by atoms with Crippen LogP contribution in [0.15, 0.2) is 200 Å². The molecule has 0 N–H and O–H groups in total. The van der Waals surface area contributed by atoms with E-state index in [4.69, 9.17) is 0 Å². The van der Waals surface area contributed by atoms with Crippen molar-refractivity contribution in [3.05, 3.63) is 211 Å². The van der Waals surface area contributed by atoms with Crippen LogP contribution in [-0.2, 0) is 7.05 Å². The van der Waals surface area contributed by atoms with Crippen molar-refractivity contribution in [1.82, 2.24) is 18.3 Å². The smallest absolute Gasteiger partial charge is 0.193 e. The van der Waals surface area contributed by atoms with Gasteiger partial charge in [0, 0.05) is 83.8 Å². The predicted molar refractivity (Wildman–Crippen MR) is 253 cm³/mol. The van der Waals surface area contributed by atoms with Crippen LogP contribution < -0.4 is 0 Å². The molecule has 61 heavy (non-hydrogen) atoms. The van der Waals surface area contributed by atoms with E-state index in [1.165, 1.54) is 65.2 Å². The molecule has 0 radical (unpaired) electrons. The molecule has 13 rings (SSSR count). The second-order valence-corrected chi connectivity index (χ2v) is 16.1. The molecule has 5 nitrogen and oxygen atoms in total. The average Bonchev–Trinajstić information content (AvgIpc) is 4.04. The summed E-state index contributed by atoms with van der Waals surface area (Å²) in [6.45, 7) is 0. The number of para-hydroxylation sites is 5. The maximum atomic E-state index is 14.3. The van der Waals surface area contributed by atoms with Gasteiger partial charge in [-0.15, -0.1) is 0 Å². The largest absolute Gasteiger partial charge is 0.344 e. The molecule has 0 saturated carbocycles. The van der Waals surface area contributed by atoms with Crippen molar-refractivity contribution in [3.63, 3.8) is 0 Å². The highest BCUT2D eigenvalue weighted by atomic mass is 16.1. The summed E-state index contributed by atoms with van der Waals surface area (Å²) in [4.78, 5) is 14.3. The molecule has 0 bridgehead atoms. The number of aryl methyl sites for hydroxylation is 1. The Kier molecular flexibility index (Phi) is 7.02. The van der Waals surface area contributed by atoms with E-state index in [1.807, 2.05) is 24.3 Å². The molecular weight excluding hydrogens is 745 g/mol. The summed E-state index contributed by atoms with van der Waals surface area (Å²) in [5.74, 6) is -0.00712. The van der Waals surface area contributed by atoms with Gasteiger partial charge in [0.05, 0.1) is 38.6 Å². The fourth-order valence-electron chi connectivity index (χ4n) is 10.3. The number of carbonyl (C=O) groups excluding carboxylic acids is 1. The fourth-order valence-corrected chi connectivity index (χ4v) is 10.3. The second kappa shape index (κ2) is 12.7. The van der Waals surface area contributed by atoms with Gasteiger partial charge < -0.3 is 18.3 Å². The number of hydrogen-bond donors (Lipinski definition) is 0. The highest BCUT2D eigenvalue weighted by Crippen LogP contribution is 2.43. The van der Waals surface area contributed by atoms with Crippen molar-refractivity contribution in [3.8, 4) is 17.1 Å². The van der Waals surface area contributed by atoms with Crippen LogP contribution in [0.3, 0.4) is 0 Å². The molecule has 0 amide bonds. The van der Waals surface area contributed by atoms with Crippen LogP contribution in [0.2, 0.25) is 0 Å². The van der Waals surface area contributed by atoms with Crippen LogP contribution in [0.4, 0.5) is 0 Å². The summed E-state index contributed by atoms with van der Waals surface area (Å²) in [5, 5.41) is 9.69. The number of hydrogen-bond acceptors (Lipinski definition) is 1. The topological polar surface area (TPSA) is 36.8 Å². The lowest BCUT2D eigenvalue weighted by Gasteiger charge is -2.12. The third-order valence-corrected chi connectivity index (χ3v) is 13.0. The first kappa shape index (κ1) is 33.8. The fraction of sp³-hybridized carbons (Fsp3) is 0.0179. The Hall–Kier alpha value is -8.15. The van der Waals surface area contributed by atoms with E-state index in [9.17, 15) is 4.79 Å². The highest BCUT2D eigenvalue weighted by molar-refractivity contribution is 6.27. The summed E-state index contributed by atoms with van der Waals surface area (Å²) < 4.78 is 9.38. The summed E-state index contributed by atoms with van der Waals surface area (Å²) in [7, 11) is 2.14. The number of fused-ring (bicyclic) bond motifs is 14. The Balaban J connectivity index is 0.928. The Morgan fingerprint density at radius 2 is 0.705 bits per heavy atom. The lowest BCUT2D eigenvalue weighted by atomic mass is 10.0. The minimum absolute atomic E-state index is 0.00712. The van der Waals surface area contributed by atoms with Gasteiger partial charge in [0.25, 0.3) is 0 Å². The lowest BCUT2D eigenvalue weighted by Crippen LogP contribution is -2.03. The molecule has 286 valence electrons. The molecule has 0 spiro atoms. The second-order valence-electron chi connectivity index (χ2n) is 16.1. The van der Waals surface area contributed by atoms with Crippen LogP contribution in [-0.4, -0.2) is 24.1 Å². The summed E-state index contributed by atoms with van der Waals surface area (Å²) in [6.07, 6.45) is 0. The van der Waals surface area contributed by atoms with Crippen molar-refractivity contribution < 1.29 is 4.79 Å². The van der Waals surface area contributed by atoms with Crippen LogP contribution >= 0.6 is 0 Å². The zero-order valence-corrected chi connectivity index (χ0v) is 33.2. The molecule has 9 aromatic carbocycles. The maximum absolute atomic E-state index is 14.3. The van der Waals surface area contributed by atoms with E-state index in [0.29, 0.717) is 11.1 Å². The third kappa shape index (κ3) is 4.68. The number of benzene rings is 9. The van der Waals surface area contributed by atoms with Gasteiger partial charge in [-0.25, -0.2) is 0 Å². The van der Waals surface area contributed by atoms with E-state index in [-0.39, 0.29) is 5.78 Å². The first-order valence-corrected chi connectivity index (χ1v) is 20.8. The quantitative estimate of drug-likeness (QED) is 0.160. The lowest BCUT2D eigenvalue weighted by molar-refractivity contribution is 0.103. The molecule has 0 unspecified atom stereocenters. The van der Waals surface area contributed by atoms with E-state index in [0.717, 1.165) is 39.1 Å². The molecule has 4 heterocycles. The number of carbonyl (C=O) groups is 1. The van der Waals surface area contributed by atoms with Gasteiger partial charge in [-0.3, -0.25) is 4.79 Å². The Bertz CT molecular complexity index is 3930. The minimum atomic E-state index is -0.00712. The normalized spacial score (nSPS) is 12.1. The standard InChI is InChI=1S/C56H36N4O/c1-57-46-19-9-7-17-44(46)52-50(57)33-31-42-40-15-5-10-20-47(40)59(54(42)52)38-27-23-35(24-28-38)56(61)36-25-29-39(30-26-36)60-48-21-11-6-16-41(48)43-32-34-51-53(55(43)60)45-18-8-12-22-49(45)58(51)37-13-3-2-4-14-37/h2-34H,1H3. The van der Waals surface area contributed by atoms with Gasteiger partial charge in [0.2, 0.25) is 0 Å². The van der Waals surface area contributed by atoms with Crippen LogP contribution in [0.5, 0.6) is 0 Å². The van der Waals surface area contributed by atoms with Gasteiger partial charge in [-0.05, 0) is 97.1 Å². The maximum Gasteiger partial charge on any atom is 0.193 e. The molecule has 0 aliphatic carbocycles. The monoisotopic (exact) mass is 780 g/mol. The molecule has 4 aromatic heterocycles. The van der Waals surface area contributed by atoms with Crippen molar-refractivity contribution in [2.24, 2.45) is 7.05 Å². The van der Waals surface area contributed by atoms with Crippen molar-refractivity contribution in [2.75, 3.05) is 0 Å². The minimum Gasteiger partial charge on any atom is -0.344 e. The summed E-state index contributed by atoms with van der Waals surface area (Å²) in [5.41, 5.74) is 13.8. The molecule has 0 aliphatic rings. The number of nitrogens with zero attached hydrogens (tertiary/aromatic N) is 4. The number of rotatable bonds is 5. The highest BCUT2D eigenvalue weighted by Gasteiger charge is 2.22. The van der Waals surface area contributed by atoms with E-state index in [1.54, 1.807) is 0 Å². The summed E-state index contributed by atoms with van der Waals surface area (Å²) in [6, 6.07) is 70.4. The molecule has 0 saturated heterocycles. The Labute approximate surface area is 350 Å². The SMILES string of the molecule is Cn1c2ccccc2c2c1ccc1c3ccccc3n(-c3ccc(C(=O)c4ccc(-n5c6ccccc6c6ccc7c(c8ccccc8n7-c7ccccc7)c65)cc4)cc3)c12. The van der Waals surface area contributed by atoms with Crippen molar-refractivity contribution in [1.29, 1.82) is 0 Å². The first-order valence-electron chi connectivity index (χ1n) is 20.8. The van der Waals surface area contributed by atoms with Gasteiger partial charge >= 0.3 is 0 Å². The number of ketones is 1. The van der Waals surface area contributed by atoms with E-state index >= 15 is 0 Å². The van der Waals surface area contributed by atoms with Crippen LogP contribution in [0, 0.1) is 0 Å². The van der Waals surface area contributed by atoms with Gasteiger partial charge in [-0.1, -0.05) is 103 Å². The molecule has 5 heteroatoms. The van der Waals surface area contributed by atoms with Gasteiger partial charge in [-0.2, -0.15) is 0 Å². The van der Waals surface area contributed by atoms with E-state index < -0.39 is 0 Å². The zero-order valence-electron chi connectivity index (χ0n) is 33.2. The van der Waals surface area contributed by atoms with Crippen molar-refractivity contribution in [2.45, 2.75) is 0 Å². The van der Waals surface area contributed by atoms with Crippen molar-refractivity contribution >= 4 is 93.0 Å². The third-order valence-electron chi connectivity index (χ3n) is 13.0. The molecule has 0 aliphatic heterocycles. The van der Waals surface area contributed by atoms with Gasteiger partial charge in [0.1, 0.15) is 0 Å². The Morgan fingerprint density at radius 1 is 0.311 bits per heavy atom. The summed E-state index contributed by atoms with van der Waals surface area (Å²) >= 11 is 0. The van der Waals surface area contributed by atoms with Crippen LogP contribution in [0.25, 0.3) is 104 Å². The molecular formula is C56H36N4O. The zero-order chi connectivity index (χ0) is 40.3. The average molecular weight is 781 g/mol. The van der Waals surface area contributed by atoms with Gasteiger partial charge in [0.15, 0.2) is 5.78 Å². The van der Waals surface area contributed by atoms with E-state index in [2.05, 4.69) is 201 Å². The molecule has 0 fully saturated rings. The number of aromatic nitrogens is 4.